The Bertz CT molecular complexity index is 1400. The van der Waals surface area contributed by atoms with Crippen molar-refractivity contribution in [2.75, 3.05) is 32.6 Å². The number of ether oxygens (including phenoxy) is 2. The van der Waals surface area contributed by atoms with Gasteiger partial charge >= 0.3 is 0 Å². The monoisotopic (exact) mass is 469 g/mol. The minimum atomic E-state index is -0.932. The van der Waals surface area contributed by atoms with Crippen molar-refractivity contribution < 1.29 is 14.6 Å². The molecule has 1 spiro atoms. The number of nitrogens with zero attached hydrogens (tertiary/aromatic N) is 2. The Morgan fingerprint density at radius 3 is 2.89 bits per heavy atom. The largest absolute Gasteiger partial charge is 0.493 e. The number of rotatable bonds is 4. The van der Waals surface area contributed by atoms with Crippen molar-refractivity contribution >= 4 is 16.6 Å². The van der Waals surface area contributed by atoms with Gasteiger partial charge < -0.3 is 19.9 Å². The van der Waals surface area contributed by atoms with E-state index in [1.807, 2.05) is 19.2 Å². The second-order valence-corrected chi connectivity index (χ2v) is 11.2. The Balaban J connectivity index is 1.43. The molecule has 3 aliphatic carbocycles. The zero-order valence-electron chi connectivity index (χ0n) is 20.3. The maximum absolute atomic E-state index is 13.0. The predicted molar refractivity (Wildman–Crippen MR) is 134 cm³/mol. The Kier molecular flexibility index (Phi) is 3.89. The molecule has 1 saturated heterocycles. The highest BCUT2D eigenvalue weighted by molar-refractivity contribution is 5.94. The van der Waals surface area contributed by atoms with Crippen LogP contribution in [-0.2, 0) is 18.3 Å². The van der Waals surface area contributed by atoms with Crippen LogP contribution in [-0.4, -0.2) is 53.9 Å². The summed E-state index contributed by atoms with van der Waals surface area (Å²) in [6.45, 7) is 2.08. The lowest BCUT2D eigenvalue weighted by atomic mass is 9.48. The number of methoxy groups -OCH3 is 1. The van der Waals surface area contributed by atoms with Gasteiger partial charge in [0.1, 0.15) is 0 Å². The molecule has 0 radical (unpaired) electrons. The maximum Gasteiger partial charge on any atom is 0.166 e. The van der Waals surface area contributed by atoms with Gasteiger partial charge in [0.25, 0.3) is 0 Å². The highest BCUT2D eigenvalue weighted by atomic mass is 16.5. The summed E-state index contributed by atoms with van der Waals surface area (Å²) in [5.74, 6) is 2.35. The second kappa shape index (κ2) is 6.68. The van der Waals surface area contributed by atoms with Gasteiger partial charge in [-0.25, -0.2) is 4.98 Å². The molecule has 6 nitrogen and oxygen atoms in total. The quantitative estimate of drug-likeness (QED) is 0.603. The molecular formula is C29H31N3O3. The lowest BCUT2D eigenvalue weighted by molar-refractivity contribution is -0.173. The molecule has 2 unspecified atom stereocenters. The van der Waals surface area contributed by atoms with Crippen LogP contribution in [0.25, 0.3) is 10.9 Å². The number of hydrogen-bond acceptors (Lipinski definition) is 6. The van der Waals surface area contributed by atoms with Crippen molar-refractivity contribution in [2.45, 2.75) is 55.3 Å². The van der Waals surface area contributed by atoms with Gasteiger partial charge in [-0.3, -0.25) is 4.90 Å². The van der Waals surface area contributed by atoms with Crippen LogP contribution in [0, 0.1) is 5.92 Å². The van der Waals surface area contributed by atoms with Crippen molar-refractivity contribution in [3.63, 3.8) is 0 Å². The number of likely N-dealkylation sites (tertiary alicyclic amines) is 1. The number of anilines is 1. The fourth-order valence-electron chi connectivity index (χ4n) is 8.02. The van der Waals surface area contributed by atoms with Crippen LogP contribution in [0.4, 0.5) is 5.69 Å². The van der Waals surface area contributed by atoms with E-state index in [1.54, 1.807) is 7.11 Å². The molecular weight excluding hydrogens is 438 g/mol. The average Bonchev–Trinajstić information content (AvgIpc) is 3.61. The highest BCUT2D eigenvalue weighted by Crippen LogP contribution is 2.69. The molecule has 2 aliphatic heterocycles. The first-order valence-corrected chi connectivity index (χ1v) is 13.0. The SMILES string of the molecule is CNc1c2c(nc3ccccc13)C1Oc3c(OC)ccc4c3[C@@]13CCN(CC1CC1)[C@H](C4)C3(O)C2. The van der Waals surface area contributed by atoms with E-state index in [4.69, 9.17) is 14.5 Å². The summed E-state index contributed by atoms with van der Waals surface area (Å²) in [6, 6.07) is 12.6. The molecule has 35 heavy (non-hydrogen) atoms. The molecule has 4 atom stereocenters. The molecule has 0 amide bonds. The summed E-state index contributed by atoms with van der Waals surface area (Å²) in [4.78, 5) is 7.81. The molecule has 2 N–H and O–H groups in total. The Morgan fingerprint density at radius 1 is 1.23 bits per heavy atom. The van der Waals surface area contributed by atoms with Crippen molar-refractivity contribution in [2.24, 2.45) is 5.92 Å². The summed E-state index contributed by atoms with van der Waals surface area (Å²) in [6.07, 6.45) is 4.60. The lowest BCUT2D eigenvalue weighted by Crippen LogP contribution is -2.74. The fraction of sp³-hybridized carbons (Fsp3) is 0.483. The van der Waals surface area contributed by atoms with E-state index >= 15 is 0 Å². The van der Waals surface area contributed by atoms with Gasteiger partial charge in [0, 0.05) is 48.3 Å². The molecule has 180 valence electrons. The van der Waals surface area contributed by atoms with Crippen LogP contribution in [0.1, 0.15) is 47.8 Å². The van der Waals surface area contributed by atoms with Crippen molar-refractivity contribution in [3.05, 3.63) is 58.8 Å². The number of piperidine rings is 1. The summed E-state index contributed by atoms with van der Waals surface area (Å²) in [7, 11) is 3.68. The topological polar surface area (TPSA) is 66.9 Å². The van der Waals surface area contributed by atoms with E-state index in [0.29, 0.717) is 6.42 Å². The van der Waals surface area contributed by atoms with Gasteiger partial charge in [0.15, 0.2) is 17.6 Å². The first kappa shape index (κ1) is 20.4. The van der Waals surface area contributed by atoms with Crippen LogP contribution in [0.3, 0.4) is 0 Å². The van der Waals surface area contributed by atoms with E-state index in [1.165, 1.54) is 24.0 Å². The number of fused-ring (bicyclic) bond motifs is 3. The molecule has 6 heteroatoms. The molecule has 5 aliphatic rings. The first-order valence-electron chi connectivity index (χ1n) is 13.0. The lowest BCUT2D eigenvalue weighted by Gasteiger charge is -2.63. The zero-order chi connectivity index (χ0) is 23.5. The average molecular weight is 470 g/mol. The van der Waals surface area contributed by atoms with Gasteiger partial charge in [-0.05, 0) is 55.8 Å². The molecule has 3 heterocycles. The van der Waals surface area contributed by atoms with E-state index in [2.05, 4.69) is 34.5 Å². The molecule has 2 bridgehead atoms. The van der Waals surface area contributed by atoms with E-state index in [9.17, 15) is 5.11 Å². The van der Waals surface area contributed by atoms with Gasteiger partial charge in [0.05, 0.1) is 29.3 Å². The normalized spacial score (nSPS) is 32.1. The minimum absolute atomic E-state index is 0.0686. The fourth-order valence-corrected chi connectivity index (χ4v) is 8.02. The van der Waals surface area contributed by atoms with Crippen molar-refractivity contribution in [1.82, 2.24) is 9.88 Å². The van der Waals surface area contributed by atoms with Crippen LogP contribution in [0.15, 0.2) is 36.4 Å². The number of aromatic nitrogens is 1. The summed E-state index contributed by atoms with van der Waals surface area (Å²) in [5.41, 5.74) is 5.14. The Hall–Kier alpha value is -2.83. The van der Waals surface area contributed by atoms with Gasteiger partial charge in [0.2, 0.25) is 0 Å². The standard InChI is InChI=1S/C29H31N3O3/c1-30-24-18-5-3-4-6-20(18)31-25-19(24)14-29(33)22-13-17-9-10-21(34-2)26-23(17)28(29,27(25)35-26)11-12-32(22)15-16-7-8-16/h3-6,9-10,16,22,27,33H,7-8,11-15H2,1-2H3,(H,30,31)/t22-,27?,28+,29?/m1/s1. The minimum Gasteiger partial charge on any atom is -0.493 e. The Morgan fingerprint density at radius 2 is 2.09 bits per heavy atom. The van der Waals surface area contributed by atoms with Crippen molar-refractivity contribution in [3.8, 4) is 11.5 Å². The van der Waals surface area contributed by atoms with Crippen molar-refractivity contribution in [1.29, 1.82) is 0 Å². The van der Waals surface area contributed by atoms with Crippen LogP contribution < -0.4 is 14.8 Å². The van der Waals surface area contributed by atoms with Gasteiger partial charge in [-0.2, -0.15) is 0 Å². The Labute approximate surface area is 205 Å². The van der Waals surface area contributed by atoms with E-state index < -0.39 is 11.0 Å². The van der Waals surface area contributed by atoms with E-state index in [-0.39, 0.29) is 12.1 Å². The third kappa shape index (κ3) is 2.35. The highest BCUT2D eigenvalue weighted by Gasteiger charge is 2.73. The summed E-state index contributed by atoms with van der Waals surface area (Å²) < 4.78 is 12.7. The molecule has 8 rings (SSSR count). The third-order valence-corrected chi connectivity index (χ3v) is 9.69. The zero-order valence-corrected chi connectivity index (χ0v) is 20.3. The number of hydrogen-bond donors (Lipinski definition) is 2. The number of benzene rings is 2. The number of para-hydroxylation sites is 1. The number of pyridine rings is 1. The molecule has 2 fully saturated rings. The second-order valence-electron chi connectivity index (χ2n) is 11.2. The predicted octanol–water partition coefficient (Wildman–Crippen LogP) is 3.98. The number of nitrogens with one attached hydrogen (secondary N) is 1. The maximum atomic E-state index is 13.0. The molecule has 3 aromatic rings. The first-order chi connectivity index (χ1) is 17.1. The summed E-state index contributed by atoms with van der Waals surface area (Å²) in [5, 5.41) is 17.6. The smallest absolute Gasteiger partial charge is 0.166 e. The van der Waals surface area contributed by atoms with Crippen LogP contribution >= 0.6 is 0 Å². The molecule has 2 aromatic carbocycles. The molecule has 1 saturated carbocycles. The van der Waals surface area contributed by atoms with Crippen LogP contribution in [0.5, 0.6) is 11.5 Å². The van der Waals surface area contributed by atoms with Gasteiger partial charge in [-0.15, -0.1) is 0 Å². The van der Waals surface area contributed by atoms with Gasteiger partial charge in [-0.1, -0.05) is 24.3 Å². The van der Waals surface area contributed by atoms with E-state index in [0.717, 1.165) is 71.2 Å². The summed E-state index contributed by atoms with van der Waals surface area (Å²) >= 11 is 0. The number of aliphatic hydroxyl groups is 1. The molecule has 1 aromatic heterocycles. The third-order valence-electron chi connectivity index (χ3n) is 9.69. The van der Waals surface area contributed by atoms with Crippen LogP contribution in [0.2, 0.25) is 0 Å².